The van der Waals surface area contributed by atoms with E-state index in [4.69, 9.17) is 5.11 Å². The molecule has 0 aliphatic rings. The number of carbonyl (C=O) groups excluding carboxylic acids is 1. The third-order valence-electron chi connectivity index (χ3n) is 2.76. The third-order valence-corrected chi connectivity index (χ3v) is 2.76. The molecule has 0 aromatic heterocycles. The zero-order chi connectivity index (χ0) is 14.4. The first-order valence-corrected chi connectivity index (χ1v) is 6.27. The fourth-order valence-electron chi connectivity index (χ4n) is 1.79. The van der Waals surface area contributed by atoms with Crippen LogP contribution in [0.5, 0.6) is 0 Å². The lowest BCUT2D eigenvalue weighted by molar-refractivity contribution is 0.102. The monoisotopic (exact) mass is 265 g/mol. The second kappa shape index (κ2) is 6.55. The van der Waals surface area contributed by atoms with E-state index in [1.807, 2.05) is 43.3 Å². The van der Waals surface area contributed by atoms with E-state index in [-0.39, 0.29) is 12.5 Å². The number of rotatable bonds is 2. The molecule has 0 unspecified atom stereocenters. The maximum Gasteiger partial charge on any atom is 0.255 e. The molecule has 0 saturated carbocycles. The maximum atomic E-state index is 12.1. The SMILES string of the molecule is Cc1ccc(C#CCO)c(NC(=O)c2ccccc2)c1. The van der Waals surface area contributed by atoms with Crippen molar-refractivity contribution in [3.05, 3.63) is 65.2 Å². The Morgan fingerprint density at radius 2 is 1.95 bits per heavy atom. The van der Waals surface area contributed by atoms with Crippen LogP contribution in [0.15, 0.2) is 48.5 Å². The number of aliphatic hydroxyl groups excluding tert-OH is 1. The van der Waals surface area contributed by atoms with Gasteiger partial charge in [-0.25, -0.2) is 0 Å². The number of nitrogens with one attached hydrogen (secondary N) is 1. The van der Waals surface area contributed by atoms with Crippen molar-refractivity contribution in [2.24, 2.45) is 0 Å². The Balaban J connectivity index is 2.28. The Morgan fingerprint density at radius 1 is 1.20 bits per heavy atom. The first-order valence-electron chi connectivity index (χ1n) is 6.27. The van der Waals surface area contributed by atoms with Crippen LogP contribution in [0, 0.1) is 18.8 Å². The number of amides is 1. The Hall–Kier alpha value is -2.57. The van der Waals surface area contributed by atoms with Crippen LogP contribution in [-0.2, 0) is 0 Å². The zero-order valence-corrected chi connectivity index (χ0v) is 11.2. The third kappa shape index (κ3) is 3.47. The van der Waals surface area contributed by atoms with Crippen molar-refractivity contribution in [1.29, 1.82) is 0 Å². The highest BCUT2D eigenvalue weighted by Crippen LogP contribution is 2.17. The van der Waals surface area contributed by atoms with Gasteiger partial charge in [0.15, 0.2) is 0 Å². The Morgan fingerprint density at radius 3 is 2.65 bits per heavy atom. The van der Waals surface area contributed by atoms with Gasteiger partial charge in [0.2, 0.25) is 0 Å². The van der Waals surface area contributed by atoms with Gasteiger partial charge < -0.3 is 10.4 Å². The van der Waals surface area contributed by atoms with Crippen LogP contribution in [0.4, 0.5) is 5.69 Å². The molecule has 2 rings (SSSR count). The molecule has 1 amide bonds. The van der Waals surface area contributed by atoms with Crippen molar-refractivity contribution in [3.63, 3.8) is 0 Å². The van der Waals surface area contributed by atoms with Crippen molar-refractivity contribution < 1.29 is 9.90 Å². The summed E-state index contributed by atoms with van der Waals surface area (Å²) in [7, 11) is 0. The van der Waals surface area contributed by atoms with Crippen LogP contribution in [0.1, 0.15) is 21.5 Å². The van der Waals surface area contributed by atoms with Crippen LogP contribution in [0.3, 0.4) is 0 Å². The van der Waals surface area contributed by atoms with Crippen molar-refractivity contribution in [2.75, 3.05) is 11.9 Å². The van der Waals surface area contributed by atoms with E-state index >= 15 is 0 Å². The molecule has 0 aliphatic carbocycles. The lowest BCUT2D eigenvalue weighted by Crippen LogP contribution is -2.12. The molecule has 3 nitrogen and oxygen atoms in total. The molecule has 2 N–H and O–H groups in total. The number of anilines is 1. The molecular formula is C17H15NO2. The van der Waals surface area contributed by atoms with Crippen LogP contribution < -0.4 is 5.32 Å². The molecule has 2 aromatic rings. The highest BCUT2D eigenvalue weighted by atomic mass is 16.2. The second-order valence-corrected chi connectivity index (χ2v) is 4.33. The summed E-state index contributed by atoms with van der Waals surface area (Å²) in [4.78, 5) is 12.1. The smallest absolute Gasteiger partial charge is 0.255 e. The summed E-state index contributed by atoms with van der Waals surface area (Å²) in [5.41, 5.74) is 2.96. The van der Waals surface area contributed by atoms with Gasteiger partial charge in [-0.1, -0.05) is 36.1 Å². The molecule has 0 atom stereocenters. The molecule has 20 heavy (non-hydrogen) atoms. The minimum Gasteiger partial charge on any atom is -0.384 e. The van der Waals surface area contributed by atoms with E-state index in [0.717, 1.165) is 5.56 Å². The lowest BCUT2D eigenvalue weighted by atomic mass is 10.1. The molecule has 2 aromatic carbocycles. The van der Waals surface area contributed by atoms with Gasteiger partial charge in [0.05, 0.1) is 5.69 Å². The van der Waals surface area contributed by atoms with Gasteiger partial charge in [-0.2, -0.15) is 0 Å². The summed E-state index contributed by atoms with van der Waals surface area (Å²) < 4.78 is 0. The van der Waals surface area contributed by atoms with Crippen LogP contribution >= 0.6 is 0 Å². The molecule has 0 aliphatic heterocycles. The fraction of sp³-hybridized carbons (Fsp3) is 0.118. The van der Waals surface area contributed by atoms with Gasteiger partial charge in [-0.15, -0.1) is 0 Å². The van der Waals surface area contributed by atoms with Crippen LogP contribution in [0.2, 0.25) is 0 Å². The molecule has 0 saturated heterocycles. The van der Waals surface area contributed by atoms with Crippen LogP contribution in [-0.4, -0.2) is 17.6 Å². The molecule has 3 heteroatoms. The maximum absolute atomic E-state index is 12.1. The minimum absolute atomic E-state index is 0.178. The fourth-order valence-corrected chi connectivity index (χ4v) is 1.79. The number of hydrogen-bond donors (Lipinski definition) is 2. The number of aliphatic hydroxyl groups is 1. The molecule has 100 valence electrons. The molecule has 0 spiro atoms. The molecule has 0 radical (unpaired) electrons. The highest BCUT2D eigenvalue weighted by Gasteiger charge is 2.08. The summed E-state index contributed by atoms with van der Waals surface area (Å²) in [6, 6.07) is 14.6. The summed E-state index contributed by atoms with van der Waals surface area (Å²) in [5, 5.41) is 11.6. The molecule has 0 heterocycles. The van der Waals surface area contributed by atoms with E-state index in [1.165, 1.54) is 0 Å². The van der Waals surface area contributed by atoms with Crippen molar-refractivity contribution in [3.8, 4) is 11.8 Å². The van der Waals surface area contributed by atoms with Crippen molar-refractivity contribution in [2.45, 2.75) is 6.92 Å². The zero-order valence-electron chi connectivity index (χ0n) is 11.2. The Bertz CT molecular complexity index is 666. The second-order valence-electron chi connectivity index (χ2n) is 4.33. The van der Waals surface area contributed by atoms with Gasteiger partial charge in [0.1, 0.15) is 6.61 Å². The van der Waals surface area contributed by atoms with E-state index in [9.17, 15) is 4.79 Å². The normalized spacial score (nSPS) is 9.50. The predicted molar refractivity (Wildman–Crippen MR) is 79.5 cm³/mol. The lowest BCUT2D eigenvalue weighted by Gasteiger charge is -2.08. The topological polar surface area (TPSA) is 49.3 Å². The van der Waals surface area contributed by atoms with Crippen molar-refractivity contribution in [1.82, 2.24) is 0 Å². The number of hydrogen-bond acceptors (Lipinski definition) is 2. The number of aryl methyl sites for hydroxylation is 1. The van der Waals surface area contributed by atoms with Gasteiger partial charge in [-0.3, -0.25) is 4.79 Å². The Kier molecular flexibility index (Phi) is 4.54. The molecule has 0 bridgehead atoms. The first kappa shape index (κ1) is 13.9. The quantitative estimate of drug-likeness (QED) is 0.820. The average molecular weight is 265 g/mol. The molecular weight excluding hydrogens is 250 g/mol. The predicted octanol–water partition coefficient (Wildman–Crippen LogP) is 2.59. The van der Waals surface area contributed by atoms with Crippen LogP contribution in [0.25, 0.3) is 0 Å². The summed E-state index contributed by atoms with van der Waals surface area (Å²) >= 11 is 0. The summed E-state index contributed by atoms with van der Waals surface area (Å²) in [6.45, 7) is 1.74. The average Bonchev–Trinajstić information content (AvgIpc) is 2.47. The van der Waals surface area contributed by atoms with Gasteiger partial charge in [-0.05, 0) is 36.8 Å². The van der Waals surface area contributed by atoms with Crippen molar-refractivity contribution >= 4 is 11.6 Å². The number of benzene rings is 2. The van der Waals surface area contributed by atoms with Gasteiger partial charge >= 0.3 is 0 Å². The first-order chi connectivity index (χ1) is 9.70. The summed E-state index contributed by atoms with van der Waals surface area (Å²) in [5.74, 6) is 5.25. The Labute approximate surface area is 118 Å². The standard InChI is InChI=1S/C17H15NO2/c1-13-9-10-14(8-5-11-19)16(12-13)18-17(20)15-6-3-2-4-7-15/h2-4,6-7,9-10,12,19H,11H2,1H3,(H,18,20). The largest absolute Gasteiger partial charge is 0.384 e. The summed E-state index contributed by atoms with van der Waals surface area (Å²) in [6.07, 6.45) is 0. The van der Waals surface area contributed by atoms with Gasteiger partial charge in [0.25, 0.3) is 5.91 Å². The molecule has 0 fully saturated rings. The van der Waals surface area contributed by atoms with E-state index in [0.29, 0.717) is 16.8 Å². The van der Waals surface area contributed by atoms with E-state index in [1.54, 1.807) is 12.1 Å². The van der Waals surface area contributed by atoms with Gasteiger partial charge in [0, 0.05) is 11.1 Å². The highest BCUT2D eigenvalue weighted by molar-refractivity contribution is 6.04. The number of carbonyl (C=O) groups is 1. The van der Waals surface area contributed by atoms with E-state index in [2.05, 4.69) is 17.2 Å². The minimum atomic E-state index is -0.208. The van der Waals surface area contributed by atoms with E-state index < -0.39 is 0 Å².